The maximum absolute atomic E-state index is 12.1. The van der Waals surface area contributed by atoms with Crippen LogP contribution in [0.4, 0.5) is 5.69 Å². The largest absolute Gasteiger partial charge is 0.314 e. The minimum absolute atomic E-state index is 0.0675. The standard InChI is InChI=1S/C16H19ClN2O3S2/c1-2-3-8-15(20)18-16-19(12-7-5-4-6-11(12)17)13-9-24(21,22)10-14(13)23-16/h4-7,13-14H,2-3,8-10H2,1H3. The van der Waals surface area contributed by atoms with E-state index < -0.39 is 9.84 Å². The first-order valence-corrected chi connectivity index (χ1v) is 11.0. The second kappa shape index (κ2) is 7.06. The molecule has 2 unspecified atom stereocenters. The summed E-state index contributed by atoms with van der Waals surface area (Å²) in [6, 6.07) is 7.04. The third kappa shape index (κ3) is 3.63. The zero-order valence-electron chi connectivity index (χ0n) is 13.3. The Bertz CT molecular complexity index is 779. The fourth-order valence-corrected chi connectivity index (χ4v) is 7.13. The molecule has 2 aliphatic heterocycles. The van der Waals surface area contributed by atoms with Gasteiger partial charge in [-0.25, -0.2) is 8.42 Å². The van der Waals surface area contributed by atoms with Crippen LogP contribution in [0.1, 0.15) is 26.2 Å². The number of carbonyl (C=O) groups excluding carboxylic acids is 1. The van der Waals surface area contributed by atoms with E-state index in [9.17, 15) is 13.2 Å². The second-order valence-electron chi connectivity index (χ2n) is 6.01. The molecule has 1 aromatic rings. The Balaban J connectivity index is 1.96. The molecular weight excluding hydrogens is 368 g/mol. The van der Waals surface area contributed by atoms with Crippen LogP contribution in [-0.4, -0.2) is 42.3 Å². The molecule has 130 valence electrons. The lowest BCUT2D eigenvalue weighted by molar-refractivity contribution is -0.117. The zero-order chi connectivity index (χ0) is 17.3. The summed E-state index contributed by atoms with van der Waals surface area (Å²) in [5, 5.41) is 0.981. The number of fused-ring (bicyclic) bond motifs is 1. The van der Waals surface area contributed by atoms with Crippen LogP contribution < -0.4 is 4.90 Å². The lowest BCUT2D eigenvalue weighted by Gasteiger charge is -2.25. The van der Waals surface area contributed by atoms with Crippen molar-refractivity contribution in [3.8, 4) is 0 Å². The van der Waals surface area contributed by atoms with E-state index in [0.717, 1.165) is 12.8 Å². The number of amidine groups is 1. The van der Waals surface area contributed by atoms with E-state index in [1.165, 1.54) is 11.8 Å². The summed E-state index contributed by atoms with van der Waals surface area (Å²) in [6.45, 7) is 2.02. The number of hydrogen-bond donors (Lipinski definition) is 0. The van der Waals surface area contributed by atoms with Gasteiger partial charge in [0.1, 0.15) is 0 Å². The Morgan fingerprint density at radius 2 is 2.12 bits per heavy atom. The lowest BCUT2D eigenvalue weighted by Crippen LogP contribution is -2.37. The smallest absolute Gasteiger partial charge is 0.248 e. The number of aliphatic imine (C=N–C) groups is 1. The van der Waals surface area contributed by atoms with Crippen molar-refractivity contribution < 1.29 is 13.2 Å². The van der Waals surface area contributed by atoms with Gasteiger partial charge in [0.2, 0.25) is 5.91 Å². The number of halogens is 1. The molecule has 2 fully saturated rings. The van der Waals surface area contributed by atoms with Crippen LogP contribution in [0, 0.1) is 0 Å². The summed E-state index contributed by atoms with van der Waals surface area (Å²) in [7, 11) is -3.07. The Morgan fingerprint density at radius 1 is 1.38 bits per heavy atom. The summed E-state index contributed by atoms with van der Waals surface area (Å²) >= 11 is 7.69. The van der Waals surface area contributed by atoms with Crippen molar-refractivity contribution in [3.63, 3.8) is 0 Å². The SMILES string of the molecule is CCCCC(=O)N=C1SC2CS(=O)(=O)CC2N1c1ccccc1Cl. The molecule has 8 heteroatoms. The van der Waals surface area contributed by atoms with Gasteiger partial charge in [0.15, 0.2) is 15.0 Å². The van der Waals surface area contributed by atoms with E-state index in [0.29, 0.717) is 22.3 Å². The van der Waals surface area contributed by atoms with Crippen molar-refractivity contribution in [3.05, 3.63) is 29.3 Å². The van der Waals surface area contributed by atoms with Gasteiger partial charge < -0.3 is 4.90 Å². The number of para-hydroxylation sites is 1. The van der Waals surface area contributed by atoms with Gasteiger partial charge in [-0.1, -0.05) is 48.8 Å². The molecule has 2 aliphatic rings. The van der Waals surface area contributed by atoms with Gasteiger partial charge in [0.05, 0.1) is 28.3 Å². The number of amides is 1. The van der Waals surface area contributed by atoms with E-state index in [1.807, 2.05) is 30.0 Å². The first-order valence-electron chi connectivity index (χ1n) is 7.93. The lowest BCUT2D eigenvalue weighted by atomic mass is 10.2. The van der Waals surface area contributed by atoms with Gasteiger partial charge in [-0.05, 0) is 18.6 Å². The minimum Gasteiger partial charge on any atom is -0.314 e. The molecule has 0 saturated carbocycles. The van der Waals surface area contributed by atoms with Gasteiger partial charge in [-0.2, -0.15) is 4.99 Å². The summed E-state index contributed by atoms with van der Waals surface area (Å²) in [5.74, 6) is 0.0167. The second-order valence-corrected chi connectivity index (χ2v) is 9.78. The highest BCUT2D eigenvalue weighted by Crippen LogP contribution is 2.42. The summed E-state index contributed by atoms with van der Waals surface area (Å²) < 4.78 is 24.0. The molecule has 0 radical (unpaired) electrons. The highest BCUT2D eigenvalue weighted by Gasteiger charge is 2.49. The quantitative estimate of drug-likeness (QED) is 0.795. The molecule has 0 N–H and O–H groups in total. The van der Waals surface area contributed by atoms with Crippen LogP contribution in [0.25, 0.3) is 0 Å². The fourth-order valence-electron chi connectivity index (χ4n) is 2.98. The average Bonchev–Trinajstić information content (AvgIpc) is 2.97. The Morgan fingerprint density at radius 3 is 2.83 bits per heavy atom. The number of rotatable bonds is 4. The summed E-state index contributed by atoms with van der Waals surface area (Å²) in [4.78, 5) is 18.2. The molecule has 24 heavy (non-hydrogen) atoms. The van der Waals surface area contributed by atoms with Gasteiger partial charge in [-0.3, -0.25) is 4.79 Å². The first kappa shape index (κ1) is 17.8. The Hall–Kier alpha value is -1.05. The van der Waals surface area contributed by atoms with Crippen LogP contribution in [0.2, 0.25) is 5.02 Å². The molecule has 0 spiro atoms. The number of hydrogen-bond acceptors (Lipinski definition) is 4. The number of thioether (sulfide) groups is 1. The monoisotopic (exact) mass is 386 g/mol. The molecule has 0 aromatic heterocycles. The predicted octanol–water partition coefficient (Wildman–Crippen LogP) is 3.13. The summed E-state index contributed by atoms with van der Waals surface area (Å²) in [5.41, 5.74) is 0.707. The van der Waals surface area contributed by atoms with Crippen LogP contribution in [0.5, 0.6) is 0 Å². The van der Waals surface area contributed by atoms with Gasteiger partial charge in [-0.15, -0.1) is 0 Å². The van der Waals surface area contributed by atoms with Crippen LogP contribution in [-0.2, 0) is 14.6 Å². The normalized spacial score (nSPS) is 26.8. The van der Waals surface area contributed by atoms with Crippen molar-refractivity contribution in [2.24, 2.45) is 4.99 Å². The number of anilines is 1. The highest BCUT2D eigenvalue weighted by atomic mass is 35.5. The fraction of sp³-hybridized carbons (Fsp3) is 0.500. The predicted molar refractivity (Wildman–Crippen MR) is 99.7 cm³/mol. The van der Waals surface area contributed by atoms with Crippen molar-refractivity contribution in [1.82, 2.24) is 0 Å². The van der Waals surface area contributed by atoms with Crippen molar-refractivity contribution in [2.75, 3.05) is 16.4 Å². The summed E-state index contributed by atoms with van der Waals surface area (Å²) in [6.07, 6.45) is 2.14. The van der Waals surface area contributed by atoms with Crippen LogP contribution >= 0.6 is 23.4 Å². The van der Waals surface area contributed by atoms with Gasteiger partial charge in [0, 0.05) is 11.7 Å². The first-order chi connectivity index (χ1) is 11.4. The third-order valence-corrected chi connectivity index (χ3v) is 7.67. The molecule has 2 atom stereocenters. The van der Waals surface area contributed by atoms with Crippen molar-refractivity contribution >= 4 is 50.0 Å². The maximum atomic E-state index is 12.1. The molecule has 1 amide bonds. The molecule has 0 aliphatic carbocycles. The number of nitrogens with zero attached hydrogens (tertiary/aromatic N) is 2. The number of carbonyl (C=O) groups is 1. The number of unbranched alkanes of at least 4 members (excludes halogenated alkanes) is 1. The van der Waals surface area contributed by atoms with E-state index in [-0.39, 0.29) is 28.7 Å². The number of benzene rings is 1. The van der Waals surface area contributed by atoms with Crippen molar-refractivity contribution in [1.29, 1.82) is 0 Å². The van der Waals surface area contributed by atoms with E-state index in [4.69, 9.17) is 11.6 Å². The molecule has 5 nitrogen and oxygen atoms in total. The highest BCUT2D eigenvalue weighted by molar-refractivity contribution is 8.16. The van der Waals surface area contributed by atoms with Crippen LogP contribution in [0.15, 0.2) is 29.3 Å². The topological polar surface area (TPSA) is 66.8 Å². The van der Waals surface area contributed by atoms with Gasteiger partial charge >= 0.3 is 0 Å². The van der Waals surface area contributed by atoms with E-state index >= 15 is 0 Å². The molecule has 1 aromatic carbocycles. The van der Waals surface area contributed by atoms with Gasteiger partial charge in [0.25, 0.3) is 0 Å². The average molecular weight is 387 g/mol. The van der Waals surface area contributed by atoms with Crippen molar-refractivity contribution in [2.45, 2.75) is 37.5 Å². The maximum Gasteiger partial charge on any atom is 0.248 e. The van der Waals surface area contributed by atoms with E-state index in [2.05, 4.69) is 4.99 Å². The molecular formula is C16H19ClN2O3S2. The molecule has 2 saturated heterocycles. The molecule has 2 heterocycles. The Labute approximate surface area is 151 Å². The number of sulfone groups is 1. The molecule has 0 bridgehead atoms. The molecule has 3 rings (SSSR count). The van der Waals surface area contributed by atoms with E-state index in [1.54, 1.807) is 6.07 Å². The minimum atomic E-state index is -3.07. The Kier molecular flexibility index (Phi) is 5.22. The zero-order valence-corrected chi connectivity index (χ0v) is 15.7. The third-order valence-electron chi connectivity index (χ3n) is 4.14. The van der Waals surface area contributed by atoms with Crippen LogP contribution in [0.3, 0.4) is 0 Å².